The van der Waals surface area contributed by atoms with Gasteiger partial charge in [0.15, 0.2) is 6.10 Å². The minimum atomic E-state index is -0.798. The highest BCUT2D eigenvalue weighted by Crippen LogP contribution is 2.20. The SMILES string of the molecule is CC(C)COC1C(C)OC(=O)C(N)COCC1Oc1ccccc1. The summed E-state index contributed by atoms with van der Waals surface area (Å²) in [5, 5.41) is 0. The lowest BCUT2D eigenvalue weighted by Gasteiger charge is -2.31. The number of esters is 1. The van der Waals surface area contributed by atoms with E-state index >= 15 is 0 Å². The molecule has 1 aliphatic heterocycles. The number of para-hydroxylation sites is 1. The number of benzene rings is 1. The summed E-state index contributed by atoms with van der Waals surface area (Å²) < 4.78 is 23.1. The number of hydrogen-bond acceptors (Lipinski definition) is 6. The summed E-state index contributed by atoms with van der Waals surface area (Å²) in [6, 6.07) is 8.66. The molecular weight excluding hydrogens is 310 g/mol. The van der Waals surface area contributed by atoms with Crippen LogP contribution < -0.4 is 10.5 Å². The first-order valence-electron chi connectivity index (χ1n) is 8.34. The first-order valence-corrected chi connectivity index (χ1v) is 8.34. The lowest BCUT2D eigenvalue weighted by atomic mass is 10.1. The summed E-state index contributed by atoms with van der Waals surface area (Å²) >= 11 is 0. The number of ether oxygens (including phenoxy) is 4. The van der Waals surface area contributed by atoms with E-state index in [-0.39, 0.29) is 13.2 Å². The van der Waals surface area contributed by atoms with Crippen molar-refractivity contribution in [1.82, 2.24) is 0 Å². The molecule has 1 aromatic carbocycles. The molecule has 0 radical (unpaired) electrons. The standard InChI is InChI=1S/C18H27NO5/c1-12(2)9-22-17-13(3)23-18(20)15(19)10-21-11-16(17)24-14-7-5-4-6-8-14/h4-8,12-13,15-17H,9-11,19H2,1-3H3. The summed E-state index contributed by atoms with van der Waals surface area (Å²) in [5.41, 5.74) is 5.76. The van der Waals surface area contributed by atoms with E-state index in [2.05, 4.69) is 13.8 Å². The molecule has 1 fully saturated rings. The number of hydrogen-bond donors (Lipinski definition) is 1. The summed E-state index contributed by atoms with van der Waals surface area (Å²) in [7, 11) is 0. The van der Waals surface area contributed by atoms with Crippen LogP contribution in [0.4, 0.5) is 0 Å². The van der Waals surface area contributed by atoms with Crippen LogP contribution in [0.2, 0.25) is 0 Å². The molecule has 1 heterocycles. The Kier molecular flexibility index (Phi) is 7.02. The van der Waals surface area contributed by atoms with Gasteiger partial charge in [0, 0.05) is 6.61 Å². The van der Waals surface area contributed by atoms with Gasteiger partial charge in [-0.1, -0.05) is 32.0 Å². The third-order valence-corrected chi connectivity index (χ3v) is 3.67. The maximum absolute atomic E-state index is 12.0. The number of nitrogens with two attached hydrogens (primary N) is 1. The Bertz CT molecular complexity index is 507. The molecule has 0 spiro atoms. The summed E-state index contributed by atoms with van der Waals surface area (Å²) in [4.78, 5) is 12.0. The zero-order valence-corrected chi connectivity index (χ0v) is 14.5. The van der Waals surface area contributed by atoms with Gasteiger partial charge in [-0.25, -0.2) is 0 Å². The molecule has 0 amide bonds. The number of rotatable bonds is 5. The topological polar surface area (TPSA) is 80.0 Å². The van der Waals surface area contributed by atoms with E-state index in [9.17, 15) is 4.79 Å². The van der Waals surface area contributed by atoms with Gasteiger partial charge in [0.2, 0.25) is 0 Å². The second kappa shape index (κ2) is 9.01. The summed E-state index contributed by atoms with van der Waals surface area (Å²) in [5.74, 6) is 0.577. The Morgan fingerprint density at radius 3 is 2.62 bits per heavy atom. The summed E-state index contributed by atoms with van der Waals surface area (Å²) in [6.45, 7) is 6.82. The predicted molar refractivity (Wildman–Crippen MR) is 89.8 cm³/mol. The van der Waals surface area contributed by atoms with Crippen LogP contribution in [0, 0.1) is 5.92 Å². The Balaban J connectivity index is 2.17. The highest BCUT2D eigenvalue weighted by atomic mass is 16.6. The normalized spacial score (nSPS) is 28.6. The average molecular weight is 337 g/mol. The van der Waals surface area contributed by atoms with E-state index in [1.54, 1.807) is 6.92 Å². The second-order valence-corrected chi connectivity index (χ2v) is 6.45. The number of carbonyl (C=O) groups is 1. The monoisotopic (exact) mass is 337 g/mol. The van der Waals surface area contributed by atoms with E-state index in [1.807, 2.05) is 30.3 Å². The van der Waals surface area contributed by atoms with E-state index in [1.165, 1.54) is 0 Å². The molecule has 0 saturated carbocycles. The lowest BCUT2D eigenvalue weighted by molar-refractivity contribution is -0.162. The van der Waals surface area contributed by atoms with Gasteiger partial charge in [-0.2, -0.15) is 0 Å². The van der Waals surface area contributed by atoms with Crippen LogP contribution >= 0.6 is 0 Å². The van der Waals surface area contributed by atoms with E-state index < -0.39 is 30.3 Å². The van der Waals surface area contributed by atoms with E-state index in [0.717, 1.165) is 0 Å². The van der Waals surface area contributed by atoms with Gasteiger partial charge < -0.3 is 24.7 Å². The molecule has 2 rings (SSSR count). The largest absolute Gasteiger partial charge is 0.485 e. The van der Waals surface area contributed by atoms with Crippen LogP contribution in [0.25, 0.3) is 0 Å². The summed E-state index contributed by atoms with van der Waals surface area (Å²) in [6.07, 6.45) is -1.33. The molecule has 6 heteroatoms. The van der Waals surface area contributed by atoms with Crippen molar-refractivity contribution in [1.29, 1.82) is 0 Å². The quantitative estimate of drug-likeness (QED) is 0.825. The third kappa shape index (κ3) is 5.47. The van der Waals surface area contributed by atoms with Crippen LogP contribution in [0.5, 0.6) is 5.75 Å². The van der Waals surface area contributed by atoms with E-state index in [0.29, 0.717) is 18.3 Å². The molecule has 6 nitrogen and oxygen atoms in total. The maximum atomic E-state index is 12.0. The van der Waals surface area contributed by atoms with Crippen LogP contribution in [0.3, 0.4) is 0 Å². The first-order chi connectivity index (χ1) is 11.5. The van der Waals surface area contributed by atoms with Crippen molar-refractivity contribution in [3.63, 3.8) is 0 Å². The van der Waals surface area contributed by atoms with Crippen molar-refractivity contribution in [3.8, 4) is 5.75 Å². The Labute approximate surface area is 143 Å². The molecule has 1 aromatic rings. The highest BCUT2D eigenvalue weighted by Gasteiger charge is 2.35. The highest BCUT2D eigenvalue weighted by molar-refractivity contribution is 5.75. The van der Waals surface area contributed by atoms with Crippen molar-refractivity contribution in [2.75, 3.05) is 19.8 Å². The lowest BCUT2D eigenvalue weighted by Crippen LogP contribution is -2.46. The smallest absolute Gasteiger partial charge is 0.325 e. The molecular formula is C18H27NO5. The average Bonchev–Trinajstić information content (AvgIpc) is 2.58. The molecule has 134 valence electrons. The Morgan fingerprint density at radius 2 is 1.96 bits per heavy atom. The fourth-order valence-corrected chi connectivity index (χ4v) is 2.44. The maximum Gasteiger partial charge on any atom is 0.325 e. The minimum absolute atomic E-state index is 0.0943. The van der Waals surface area contributed by atoms with Gasteiger partial charge in [0.25, 0.3) is 0 Å². The Hall–Kier alpha value is -1.63. The molecule has 0 bridgehead atoms. The van der Waals surface area contributed by atoms with Crippen LogP contribution in [-0.2, 0) is 19.0 Å². The molecule has 0 aliphatic carbocycles. The molecule has 4 unspecified atom stereocenters. The zero-order valence-electron chi connectivity index (χ0n) is 14.5. The molecule has 24 heavy (non-hydrogen) atoms. The molecule has 2 N–H and O–H groups in total. The molecule has 0 aromatic heterocycles. The Morgan fingerprint density at radius 1 is 1.25 bits per heavy atom. The van der Waals surface area contributed by atoms with Gasteiger partial charge in [-0.05, 0) is 25.0 Å². The zero-order chi connectivity index (χ0) is 17.5. The predicted octanol–water partition coefficient (Wildman–Crippen LogP) is 1.76. The van der Waals surface area contributed by atoms with Gasteiger partial charge in [-0.3, -0.25) is 4.79 Å². The minimum Gasteiger partial charge on any atom is -0.485 e. The third-order valence-electron chi connectivity index (χ3n) is 3.67. The van der Waals surface area contributed by atoms with Gasteiger partial charge in [0.1, 0.15) is 24.0 Å². The van der Waals surface area contributed by atoms with Gasteiger partial charge in [0.05, 0.1) is 13.2 Å². The van der Waals surface area contributed by atoms with Crippen molar-refractivity contribution in [3.05, 3.63) is 30.3 Å². The first kappa shape index (κ1) is 18.7. The fourth-order valence-electron chi connectivity index (χ4n) is 2.44. The number of cyclic esters (lactones) is 1. The number of carbonyl (C=O) groups excluding carboxylic acids is 1. The van der Waals surface area contributed by atoms with Crippen LogP contribution in [0.1, 0.15) is 20.8 Å². The molecule has 1 saturated heterocycles. The van der Waals surface area contributed by atoms with Crippen molar-refractivity contribution in [2.24, 2.45) is 11.7 Å². The fraction of sp³-hybridized carbons (Fsp3) is 0.611. The van der Waals surface area contributed by atoms with Crippen molar-refractivity contribution >= 4 is 5.97 Å². The van der Waals surface area contributed by atoms with E-state index in [4.69, 9.17) is 24.7 Å². The van der Waals surface area contributed by atoms with Gasteiger partial charge >= 0.3 is 5.97 Å². The molecule has 4 atom stereocenters. The van der Waals surface area contributed by atoms with Gasteiger partial charge in [-0.15, -0.1) is 0 Å². The van der Waals surface area contributed by atoms with Crippen LogP contribution in [0.15, 0.2) is 30.3 Å². The second-order valence-electron chi connectivity index (χ2n) is 6.45. The van der Waals surface area contributed by atoms with Crippen LogP contribution in [-0.4, -0.2) is 50.1 Å². The van der Waals surface area contributed by atoms with Crippen molar-refractivity contribution < 1.29 is 23.7 Å². The molecule has 1 aliphatic rings. The van der Waals surface area contributed by atoms with Crippen molar-refractivity contribution in [2.45, 2.75) is 45.1 Å².